The lowest BCUT2D eigenvalue weighted by Gasteiger charge is -2.21. The maximum atomic E-state index is 13.6. The predicted molar refractivity (Wildman–Crippen MR) is 96.7 cm³/mol. The second-order valence-electron chi connectivity index (χ2n) is 7.38. The van der Waals surface area contributed by atoms with Gasteiger partial charge in [-0.3, -0.25) is 19.3 Å². The van der Waals surface area contributed by atoms with Crippen LogP contribution in [0.3, 0.4) is 0 Å². The largest absolute Gasteiger partial charge is 0.451 e. The predicted octanol–water partition coefficient (Wildman–Crippen LogP) is 1.72. The maximum absolute atomic E-state index is 13.6. The third-order valence-electron chi connectivity index (χ3n) is 5.10. The molecule has 1 heterocycles. The first-order valence-corrected chi connectivity index (χ1v) is 9.02. The van der Waals surface area contributed by atoms with Gasteiger partial charge in [0.05, 0.1) is 0 Å². The third-order valence-corrected chi connectivity index (χ3v) is 5.10. The van der Waals surface area contributed by atoms with Gasteiger partial charge in [-0.2, -0.15) is 0 Å². The van der Waals surface area contributed by atoms with E-state index in [0.29, 0.717) is 5.56 Å². The molecule has 150 valence electrons. The van der Waals surface area contributed by atoms with Crippen molar-refractivity contribution in [1.29, 1.82) is 0 Å². The van der Waals surface area contributed by atoms with Crippen LogP contribution in [0.15, 0.2) is 18.2 Å². The molecule has 1 aromatic carbocycles. The number of amides is 4. The normalized spacial score (nSPS) is 22.6. The molecule has 8 nitrogen and oxygen atoms in total. The highest BCUT2D eigenvalue weighted by Crippen LogP contribution is 2.42. The molecule has 1 aliphatic carbocycles. The summed E-state index contributed by atoms with van der Waals surface area (Å²) in [5, 5.41) is 5.08. The summed E-state index contributed by atoms with van der Waals surface area (Å²) in [4.78, 5) is 49.6. The summed E-state index contributed by atoms with van der Waals surface area (Å²) in [7, 11) is 0. The zero-order valence-electron chi connectivity index (χ0n) is 15.9. The van der Waals surface area contributed by atoms with Crippen molar-refractivity contribution in [2.45, 2.75) is 45.3 Å². The first kappa shape index (κ1) is 19.8. The topological polar surface area (TPSA) is 105 Å². The smallest absolute Gasteiger partial charge is 0.327 e. The highest BCUT2D eigenvalue weighted by atomic mass is 19.1. The molecule has 2 atom stereocenters. The van der Waals surface area contributed by atoms with E-state index < -0.39 is 47.8 Å². The highest BCUT2D eigenvalue weighted by Gasteiger charge is 2.56. The summed E-state index contributed by atoms with van der Waals surface area (Å²) in [5.74, 6) is -2.41. The number of aryl methyl sites for hydroxylation is 1. The fourth-order valence-electron chi connectivity index (χ4n) is 3.13. The zero-order chi connectivity index (χ0) is 20.6. The molecule has 3 rings (SSSR count). The van der Waals surface area contributed by atoms with Gasteiger partial charge in [-0.05, 0) is 57.2 Å². The van der Waals surface area contributed by atoms with Crippen LogP contribution < -0.4 is 10.6 Å². The van der Waals surface area contributed by atoms with Gasteiger partial charge in [-0.25, -0.2) is 9.18 Å². The number of hydrogen-bond acceptors (Lipinski definition) is 5. The number of carbonyl (C=O) groups is 4. The molecule has 1 aliphatic heterocycles. The van der Waals surface area contributed by atoms with Crippen molar-refractivity contribution in [2.24, 2.45) is 5.92 Å². The van der Waals surface area contributed by atoms with E-state index in [1.807, 2.05) is 0 Å². The minimum absolute atomic E-state index is 0.0737. The molecule has 1 aromatic rings. The Labute approximate surface area is 161 Å². The molecule has 4 amide bonds. The van der Waals surface area contributed by atoms with Gasteiger partial charge in [-0.1, -0.05) is 6.07 Å². The van der Waals surface area contributed by atoms with Gasteiger partial charge in [0.2, 0.25) is 0 Å². The molecule has 9 heteroatoms. The van der Waals surface area contributed by atoms with Crippen molar-refractivity contribution >= 4 is 29.5 Å². The average molecular weight is 391 g/mol. The summed E-state index contributed by atoms with van der Waals surface area (Å²) < 4.78 is 18.6. The van der Waals surface area contributed by atoms with Crippen LogP contribution in [0.5, 0.6) is 0 Å². The number of benzene rings is 1. The Morgan fingerprint density at radius 1 is 1.39 bits per heavy atom. The second kappa shape index (κ2) is 7.21. The molecule has 2 N–H and O–H groups in total. The van der Waals surface area contributed by atoms with Crippen molar-refractivity contribution in [2.75, 3.05) is 11.9 Å². The summed E-state index contributed by atoms with van der Waals surface area (Å²) in [5.41, 5.74) is -0.329. The van der Waals surface area contributed by atoms with Gasteiger partial charge in [0, 0.05) is 5.69 Å². The number of nitrogens with one attached hydrogen (secondary N) is 2. The van der Waals surface area contributed by atoms with Crippen molar-refractivity contribution < 1.29 is 28.3 Å². The van der Waals surface area contributed by atoms with Gasteiger partial charge in [0.1, 0.15) is 17.9 Å². The first-order chi connectivity index (χ1) is 13.1. The van der Waals surface area contributed by atoms with E-state index >= 15 is 0 Å². The molecule has 1 saturated carbocycles. The summed E-state index contributed by atoms with van der Waals surface area (Å²) in [6.45, 7) is 4.00. The van der Waals surface area contributed by atoms with E-state index in [1.54, 1.807) is 13.8 Å². The number of halogens is 1. The Morgan fingerprint density at radius 2 is 2.07 bits per heavy atom. The van der Waals surface area contributed by atoms with Crippen molar-refractivity contribution in [1.82, 2.24) is 10.2 Å². The van der Waals surface area contributed by atoms with Crippen LogP contribution in [0, 0.1) is 18.7 Å². The van der Waals surface area contributed by atoms with E-state index in [2.05, 4.69) is 10.6 Å². The van der Waals surface area contributed by atoms with Gasteiger partial charge < -0.3 is 15.4 Å². The molecule has 0 bridgehead atoms. The number of anilines is 1. The Balaban J connectivity index is 1.55. The second-order valence-corrected chi connectivity index (χ2v) is 7.38. The molecule has 2 aliphatic rings. The lowest BCUT2D eigenvalue weighted by molar-refractivity contribution is -0.155. The van der Waals surface area contributed by atoms with Crippen LogP contribution in [0.1, 0.15) is 32.3 Å². The third kappa shape index (κ3) is 3.83. The standard InChI is InChI=1S/C19H22FN3O5/c1-10-4-7-13(8-14(10)20)21-16(25)11(2)28-15(24)9-23-17(26)19(3,12-5-6-12)22-18(23)27/h4,7-8,11-12H,5-6,9H2,1-3H3,(H,21,25)(H,22,27)/t11-,19-/m1/s1. The van der Waals surface area contributed by atoms with Crippen LogP contribution in [-0.2, 0) is 19.1 Å². The lowest BCUT2D eigenvalue weighted by Crippen LogP contribution is -2.46. The molecule has 2 fully saturated rings. The van der Waals surface area contributed by atoms with Crippen molar-refractivity contribution in [3.63, 3.8) is 0 Å². The number of rotatable bonds is 6. The molecule has 28 heavy (non-hydrogen) atoms. The average Bonchev–Trinajstić information content (AvgIpc) is 3.44. The molecular formula is C19H22FN3O5. The molecule has 0 radical (unpaired) electrons. The number of urea groups is 1. The maximum Gasteiger partial charge on any atom is 0.327 e. The van der Waals surface area contributed by atoms with Crippen LogP contribution in [0.2, 0.25) is 0 Å². The Bertz CT molecular complexity index is 854. The van der Waals surface area contributed by atoms with Gasteiger partial charge in [-0.15, -0.1) is 0 Å². The van der Waals surface area contributed by atoms with Crippen molar-refractivity contribution in [3.8, 4) is 0 Å². The quantitative estimate of drug-likeness (QED) is 0.568. The SMILES string of the molecule is Cc1ccc(NC(=O)[C@@H](C)OC(=O)CN2C(=O)N[C@](C)(C3CC3)C2=O)cc1F. The Kier molecular flexibility index (Phi) is 5.10. The van der Waals surface area contributed by atoms with E-state index in [9.17, 15) is 23.6 Å². The van der Waals surface area contributed by atoms with Gasteiger partial charge >= 0.3 is 12.0 Å². The fourth-order valence-corrected chi connectivity index (χ4v) is 3.13. The summed E-state index contributed by atoms with van der Waals surface area (Å²) in [6, 6.07) is 3.55. The molecule has 0 spiro atoms. The Morgan fingerprint density at radius 3 is 2.68 bits per heavy atom. The summed E-state index contributed by atoms with van der Waals surface area (Å²) >= 11 is 0. The monoisotopic (exact) mass is 391 g/mol. The summed E-state index contributed by atoms with van der Waals surface area (Å²) in [6.07, 6.45) is 0.502. The molecule has 0 unspecified atom stereocenters. The number of nitrogens with zero attached hydrogens (tertiary/aromatic N) is 1. The zero-order valence-corrected chi connectivity index (χ0v) is 15.9. The van der Waals surface area contributed by atoms with Crippen molar-refractivity contribution in [3.05, 3.63) is 29.6 Å². The molecule has 0 aromatic heterocycles. The van der Waals surface area contributed by atoms with Gasteiger partial charge in [0.15, 0.2) is 6.10 Å². The lowest BCUT2D eigenvalue weighted by atomic mass is 9.96. The number of hydrogen-bond donors (Lipinski definition) is 2. The van der Waals surface area contributed by atoms with E-state index in [-0.39, 0.29) is 11.6 Å². The van der Waals surface area contributed by atoms with Crippen LogP contribution >= 0.6 is 0 Å². The minimum atomic E-state index is -1.19. The highest BCUT2D eigenvalue weighted by molar-refractivity contribution is 6.09. The van der Waals surface area contributed by atoms with Crippen LogP contribution in [0.4, 0.5) is 14.9 Å². The van der Waals surface area contributed by atoms with E-state index in [4.69, 9.17) is 4.74 Å². The number of esters is 1. The first-order valence-electron chi connectivity index (χ1n) is 9.02. The van der Waals surface area contributed by atoms with Gasteiger partial charge in [0.25, 0.3) is 11.8 Å². The minimum Gasteiger partial charge on any atom is -0.451 e. The van der Waals surface area contributed by atoms with Crippen LogP contribution in [-0.4, -0.2) is 46.9 Å². The van der Waals surface area contributed by atoms with E-state index in [0.717, 1.165) is 23.8 Å². The molecular weight excluding hydrogens is 369 g/mol. The van der Waals surface area contributed by atoms with Crippen LogP contribution in [0.25, 0.3) is 0 Å². The number of imide groups is 1. The van der Waals surface area contributed by atoms with E-state index in [1.165, 1.54) is 19.1 Å². The Hall–Kier alpha value is -2.97. The number of carbonyl (C=O) groups excluding carboxylic acids is 4. The number of ether oxygens (including phenoxy) is 1. The molecule has 1 saturated heterocycles. The fraction of sp³-hybridized carbons (Fsp3) is 0.474.